The molecule has 5 amide bonds. The van der Waals surface area contributed by atoms with Crippen LogP contribution in [-0.2, 0) is 25.7 Å². The summed E-state index contributed by atoms with van der Waals surface area (Å²) in [5.74, 6) is -0.959. The number of azo groups is 1. The lowest BCUT2D eigenvalue weighted by Gasteiger charge is -2.29. The molecular formula is C30H36N6O9. The van der Waals surface area contributed by atoms with Gasteiger partial charge in [0, 0.05) is 49.3 Å². The van der Waals surface area contributed by atoms with Crippen molar-refractivity contribution in [3.8, 4) is 17.2 Å². The topological polar surface area (TPSA) is 186 Å². The van der Waals surface area contributed by atoms with Crippen molar-refractivity contribution in [1.29, 1.82) is 0 Å². The standard InChI is InChI=1S/C30H36N6O9/c1-30(2,3)45-29(41)32-12-11-31-25(38)16-44-26-22(42-4)13-17(14-23(26)43-5)34-35-20-8-6-7-18-19(20)15-36(28(18)40)21-9-10-24(37)33-27(21)39/h6-8,13-14,21H,9-12,15-16H2,1-5H3,(H,31,38)(H,32,41)(H,33,37,39)/b35-34+. The number of hydrogen-bond acceptors (Lipinski definition) is 11. The SMILES string of the molecule is COc1cc(/N=N/c2cccc3c2CN(C2CCC(=O)NC2=O)C3=O)cc(OC)c1OCC(=O)NCCNC(=O)OC(C)(C)C. The van der Waals surface area contributed by atoms with Gasteiger partial charge >= 0.3 is 6.09 Å². The van der Waals surface area contributed by atoms with E-state index in [4.69, 9.17) is 18.9 Å². The van der Waals surface area contributed by atoms with Crippen LogP contribution in [0.1, 0.15) is 49.5 Å². The van der Waals surface area contributed by atoms with Crippen molar-refractivity contribution in [1.82, 2.24) is 20.9 Å². The molecule has 15 nitrogen and oxygen atoms in total. The fourth-order valence-corrected chi connectivity index (χ4v) is 4.71. The lowest BCUT2D eigenvalue weighted by atomic mass is 10.0. The van der Waals surface area contributed by atoms with Crippen LogP contribution < -0.4 is 30.2 Å². The Morgan fingerprint density at radius 2 is 1.71 bits per heavy atom. The maximum Gasteiger partial charge on any atom is 0.407 e. The highest BCUT2D eigenvalue weighted by atomic mass is 16.6. The maximum absolute atomic E-state index is 13.1. The van der Waals surface area contributed by atoms with Crippen LogP contribution in [0.5, 0.6) is 17.2 Å². The molecule has 0 saturated carbocycles. The van der Waals surface area contributed by atoms with Crippen molar-refractivity contribution in [2.24, 2.45) is 10.2 Å². The van der Waals surface area contributed by atoms with Crippen LogP contribution in [0.4, 0.5) is 16.2 Å². The highest BCUT2D eigenvalue weighted by molar-refractivity contribution is 6.06. The Balaban J connectivity index is 1.40. The smallest absolute Gasteiger partial charge is 0.407 e. The molecule has 240 valence electrons. The molecule has 1 saturated heterocycles. The molecule has 0 radical (unpaired) electrons. The minimum atomic E-state index is -0.746. The van der Waals surface area contributed by atoms with Crippen LogP contribution in [0.15, 0.2) is 40.6 Å². The number of carbonyl (C=O) groups excluding carboxylic acids is 5. The third-order valence-electron chi connectivity index (χ3n) is 6.74. The second kappa shape index (κ2) is 14.1. The van der Waals surface area contributed by atoms with Crippen molar-refractivity contribution >= 4 is 41.1 Å². The van der Waals surface area contributed by atoms with E-state index < -0.39 is 29.6 Å². The van der Waals surface area contributed by atoms with Gasteiger partial charge in [-0.1, -0.05) is 6.07 Å². The Morgan fingerprint density at radius 1 is 1.02 bits per heavy atom. The zero-order valence-electron chi connectivity index (χ0n) is 25.7. The third kappa shape index (κ3) is 8.25. The first-order valence-electron chi connectivity index (χ1n) is 14.2. The molecule has 0 aliphatic carbocycles. The van der Waals surface area contributed by atoms with Crippen LogP contribution in [0.25, 0.3) is 0 Å². The minimum absolute atomic E-state index is 0.147. The first kappa shape index (κ1) is 32.7. The quantitative estimate of drug-likeness (QED) is 0.192. The second-order valence-electron chi connectivity index (χ2n) is 11.1. The molecule has 1 unspecified atom stereocenters. The highest BCUT2D eigenvalue weighted by Gasteiger charge is 2.40. The van der Waals surface area contributed by atoms with E-state index in [9.17, 15) is 24.0 Å². The number of amides is 5. The number of imide groups is 1. The molecule has 1 atom stereocenters. The van der Waals surface area contributed by atoms with Gasteiger partial charge in [-0.3, -0.25) is 24.5 Å². The summed E-state index contributed by atoms with van der Waals surface area (Å²) in [4.78, 5) is 62.5. The number of carbonyl (C=O) groups is 5. The van der Waals surface area contributed by atoms with E-state index in [-0.39, 0.29) is 68.1 Å². The molecule has 4 rings (SSSR count). The summed E-state index contributed by atoms with van der Waals surface area (Å²) >= 11 is 0. The summed E-state index contributed by atoms with van der Waals surface area (Å²) in [6.45, 7) is 5.38. The normalized spacial score (nSPS) is 16.2. The van der Waals surface area contributed by atoms with E-state index in [0.717, 1.165) is 0 Å². The van der Waals surface area contributed by atoms with Crippen molar-refractivity contribution in [3.63, 3.8) is 0 Å². The molecule has 1 fully saturated rings. The van der Waals surface area contributed by atoms with Gasteiger partial charge in [0.25, 0.3) is 11.8 Å². The van der Waals surface area contributed by atoms with Crippen molar-refractivity contribution in [3.05, 3.63) is 41.5 Å². The zero-order chi connectivity index (χ0) is 32.7. The largest absolute Gasteiger partial charge is 0.493 e. The predicted molar refractivity (Wildman–Crippen MR) is 159 cm³/mol. The maximum atomic E-state index is 13.1. The molecule has 0 bridgehead atoms. The van der Waals surface area contributed by atoms with Crippen LogP contribution >= 0.6 is 0 Å². The molecule has 0 aromatic heterocycles. The third-order valence-corrected chi connectivity index (χ3v) is 6.74. The first-order chi connectivity index (χ1) is 21.4. The van der Waals surface area contributed by atoms with Gasteiger partial charge in [0.2, 0.25) is 17.6 Å². The number of benzene rings is 2. The molecule has 2 aliphatic heterocycles. The molecule has 15 heteroatoms. The number of rotatable bonds is 11. The monoisotopic (exact) mass is 624 g/mol. The van der Waals surface area contributed by atoms with E-state index >= 15 is 0 Å². The van der Waals surface area contributed by atoms with E-state index in [1.165, 1.54) is 19.1 Å². The summed E-state index contributed by atoms with van der Waals surface area (Å²) in [6, 6.07) is 7.40. The summed E-state index contributed by atoms with van der Waals surface area (Å²) < 4.78 is 21.7. The van der Waals surface area contributed by atoms with Gasteiger partial charge < -0.3 is 34.5 Å². The van der Waals surface area contributed by atoms with Gasteiger partial charge in [-0.2, -0.15) is 10.2 Å². The van der Waals surface area contributed by atoms with Gasteiger partial charge in [0.05, 0.1) is 25.6 Å². The number of hydrogen-bond donors (Lipinski definition) is 3. The zero-order valence-corrected chi connectivity index (χ0v) is 25.7. The summed E-state index contributed by atoms with van der Waals surface area (Å²) in [5.41, 5.74) is 1.18. The Labute approximate surface area is 259 Å². The van der Waals surface area contributed by atoms with Crippen LogP contribution in [0.2, 0.25) is 0 Å². The summed E-state index contributed by atoms with van der Waals surface area (Å²) in [7, 11) is 2.84. The summed E-state index contributed by atoms with van der Waals surface area (Å²) in [6.07, 6.45) is -0.175. The minimum Gasteiger partial charge on any atom is -0.493 e. The fourth-order valence-electron chi connectivity index (χ4n) is 4.71. The Hall–Kier alpha value is -5.21. The van der Waals surface area contributed by atoms with Crippen molar-refractivity contribution in [2.45, 2.75) is 51.8 Å². The van der Waals surface area contributed by atoms with Crippen LogP contribution in [0, 0.1) is 0 Å². The van der Waals surface area contributed by atoms with Gasteiger partial charge in [0.1, 0.15) is 11.6 Å². The predicted octanol–water partition coefficient (Wildman–Crippen LogP) is 2.90. The number of piperidine rings is 1. The number of methoxy groups -OCH3 is 2. The Bertz CT molecular complexity index is 1490. The molecule has 45 heavy (non-hydrogen) atoms. The number of fused-ring (bicyclic) bond motifs is 1. The lowest BCUT2D eigenvalue weighted by Crippen LogP contribution is -2.52. The van der Waals surface area contributed by atoms with Gasteiger partial charge in [0.15, 0.2) is 18.1 Å². The molecule has 0 spiro atoms. The van der Waals surface area contributed by atoms with Crippen molar-refractivity contribution in [2.75, 3.05) is 33.9 Å². The molecule has 2 heterocycles. The van der Waals surface area contributed by atoms with E-state index in [2.05, 4.69) is 26.2 Å². The van der Waals surface area contributed by atoms with E-state index in [1.807, 2.05) is 0 Å². The molecule has 3 N–H and O–H groups in total. The number of nitrogens with one attached hydrogen (secondary N) is 3. The fraction of sp³-hybridized carbons (Fsp3) is 0.433. The molecule has 2 aliphatic rings. The van der Waals surface area contributed by atoms with E-state index in [0.29, 0.717) is 22.5 Å². The average Bonchev–Trinajstić information content (AvgIpc) is 3.32. The lowest BCUT2D eigenvalue weighted by molar-refractivity contribution is -0.137. The average molecular weight is 625 g/mol. The van der Waals surface area contributed by atoms with Gasteiger partial charge in [-0.05, 0) is 39.3 Å². The Kier molecular flexibility index (Phi) is 10.2. The highest BCUT2D eigenvalue weighted by Crippen LogP contribution is 2.42. The number of nitrogens with zero attached hydrogens (tertiary/aromatic N) is 3. The molecule has 2 aromatic carbocycles. The Morgan fingerprint density at radius 3 is 2.36 bits per heavy atom. The van der Waals surface area contributed by atoms with Gasteiger partial charge in [-0.15, -0.1) is 0 Å². The second-order valence-corrected chi connectivity index (χ2v) is 11.1. The molecular weight excluding hydrogens is 588 g/mol. The molecule has 2 aromatic rings. The first-order valence-corrected chi connectivity index (χ1v) is 14.2. The van der Waals surface area contributed by atoms with Crippen LogP contribution in [0.3, 0.4) is 0 Å². The number of ether oxygens (including phenoxy) is 4. The van der Waals surface area contributed by atoms with E-state index in [1.54, 1.807) is 51.1 Å². The van der Waals surface area contributed by atoms with Crippen LogP contribution in [-0.4, -0.2) is 80.2 Å². The van der Waals surface area contributed by atoms with Crippen molar-refractivity contribution < 1.29 is 42.9 Å². The number of alkyl carbamates (subject to hydrolysis) is 1. The summed E-state index contributed by atoms with van der Waals surface area (Å²) in [5, 5.41) is 16.1. The van der Waals surface area contributed by atoms with Gasteiger partial charge in [-0.25, -0.2) is 4.79 Å².